The highest BCUT2D eigenvalue weighted by Crippen LogP contribution is 2.23. The molecule has 7 nitrogen and oxygen atoms in total. The zero-order valence-electron chi connectivity index (χ0n) is 16.1. The zero-order valence-corrected chi connectivity index (χ0v) is 16.9. The molecule has 2 aromatic carbocycles. The van der Waals surface area contributed by atoms with Crippen LogP contribution in [0.25, 0.3) is 5.69 Å². The topological polar surface area (TPSA) is 89.5 Å². The van der Waals surface area contributed by atoms with E-state index in [4.69, 9.17) is 11.6 Å². The first kappa shape index (κ1) is 20.3. The van der Waals surface area contributed by atoms with Crippen LogP contribution in [0.4, 0.5) is 5.69 Å². The predicted molar refractivity (Wildman–Crippen MR) is 113 cm³/mol. The fourth-order valence-electron chi connectivity index (χ4n) is 3.22. The summed E-state index contributed by atoms with van der Waals surface area (Å²) in [5, 5.41) is 15.7. The minimum absolute atomic E-state index is 0.105. The summed E-state index contributed by atoms with van der Waals surface area (Å²) in [5.74, 6) is -0.508. The normalized spacial score (nSPS) is 11.0. The Morgan fingerprint density at radius 1 is 1.17 bits per heavy atom. The number of nitrogens with zero attached hydrogens (tertiary/aromatic N) is 3. The van der Waals surface area contributed by atoms with Crippen molar-refractivity contribution in [1.82, 2.24) is 9.99 Å². The standard InChI is InChI=1S/C21H19ClN4O3/c1-13-10-16(15(3)25(13)18-7-4-6-17(22)11-18)12-23-24-21(27)19-8-5-9-20(14(19)2)26(28)29/h4-12H,1-3H3,(H,24,27)/b23-12-. The molecular formula is C21H19ClN4O3. The van der Waals surface area contributed by atoms with E-state index in [9.17, 15) is 14.9 Å². The molecule has 1 N–H and O–H groups in total. The van der Waals surface area contributed by atoms with Crippen molar-refractivity contribution < 1.29 is 9.72 Å². The molecule has 0 atom stereocenters. The van der Waals surface area contributed by atoms with Crippen LogP contribution in [0.5, 0.6) is 0 Å². The van der Waals surface area contributed by atoms with Gasteiger partial charge in [0.15, 0.2) is 0 Å². The largest absolute Gasteiger partial charge is 0.318 e. The van der Waals surface area contributed by atoms with Gasteiger partial charge in [0.25, 0.3) is 11.6 Å². The fraction of sp³-hybridized carbons (Fsp3) is 0.143. The number of nitrogens with one attached hydrogen (secondary N) is 1. The van der Waals surface area contributed by atoms with Gasteiger partial charge in [0, 0.05) is 39.3 Å². The van der Waals surface area contributed by atoms with Gasteiger partial charge in [-0.05, 0) is 51.1 Å². The molecular weight excluding hydrogens is 392 g/mol. The number of hydrogen-bond donors (Lipinski definition) is 1. The summed E-state index contributed by atoms with van der Waals surface area (Å²) in [7, 11) is 0. The molecule has 8 heteroatoms. The summed E-state index contributed by atoms with van der Waals surface area (Å²) < 4.78 is 2.04. The summed E-state index contributed by atoms with van der Waals surface area (Å²) in [5.41, 5.74) is 6.53. The van der Waals surface area contributed by atoms with Gasteiger partial charge in [-0.3, -0.25) is 14.9 Å². The summed E-state index contributed by atoms with van der Waals surface area (Å²) in [4.78, 5) is 22.9. The SMILES string of the molecule is Cc1c(C(=O)N/N=C\c2cc(C)n(-c3cccc(Cl)c3)c2C)cccc1[N+](=O)[O-]. The maximum absolute atomic E-state index is 12.4. The van der Waals surface area contributed by atoms with Crippen LogP contribution in [0, 0.1) is 30.9 Å². The van der Waals surface area contributed by atoms with Crippen LogP contribution in [0.3, 0.4) is 0 Å². The van der Waals surface area contributed by atoms with Crippen LogP contribution in [0.15, 0.2) is 53.6 Å². The zero-order chi connectivity index (χ0) is 21.1. The maximum atomic E-state index is 12.4. The molecule has 29 heavy (non-hydrogen) atoms. The first-order chi connectivity index (χ1) is 13.8. The van der Waals surface area contributed by atoms with Crippen molar-refractivity contribution in [3.63, 3.8) is 0 Å². The molecule has 0 radical (unpaired) electrons. The molecule has 0 fully saturated rings. The third-order valence-corrected chi connectivity index (χ3v) is 4.89. The van der Waals surface area contributed by atoms with Crippen molar-refractivity contribution in [1.29, 1.82) is 0 Å². The van der Waals surface area contributed by atoms with Crippen LogP contribution in [0.1, 0.15) is 32.9 Å². The average molecular weight is 411 g/mol. The number of aryl methyl sites for hydroxylation is 1. The van der Waals surface area contributed by atoms with Crippen molar-refractivity contribution in [2.24, 2.45) is 5.10 Å². The molecule has 0 aliphatic rings. The van der Waals surface area contributed by atoms with Crippen LogP contribution in [-0.4, -0.2) is 21.6 Å². The molecule has 0 unspecified atom stereocenters. The Morgan fingerprint density at radius 3 is 2.59 bits per heavy atom. The van der Waals surface area contributed by atoms with Crippen LogP contribution in [0.2, 0.25) is 5.02 Å². The van der Waals surface area contributed by atoms with E-state index in [0.717, 1.165) is 22.6 Å². The molecule has 3 rings (SSSR count). The van der Waals surface area contributed by atoms with E-state index in [1.807, 2.05) is 48.7 Å². The Bertz CT molecular complexity index is 1130. The number of nitro benzene ring substituents is 1. The Labute approximate surface area is 172 Å². The molecule has 1 aromatic heterocycles. The summed E-state index contributed by atoms with van der Waals surface area (Å²) in [6.45, 7) is 5.45. The second-order valence-electron chi connectivity index (χ2n) is 6.55. The summed E-state index contributed by atoms with van der Waals surface area (Å²) in [6, 6.07) is 13.8. The smallest absolute Gasteiger partial charge is 0.273 e. The third kappa shape index (κ3) is 4.20. The summed E-state index contributed by atoms with van der Waals surface area (Å²) >= 11 is 6.10. The van der Waals surface area contributed by atoms with Gasteiger partial charge in [0.1, 0.15) is 0 Å². The minimum Gasteiger partial charge on any atom is -0.318 e. The Balaban J connectivity index is 1.81. The quantitative estimate of drug-likeness (QED) is 0.374. The second-order valence-corrected chi connectivity index (χ2v) is 6.98. The van der Waals surface area contributed by atoms with Gasteiger partial charge in [0.2, 0.25) is 0 Å². The number of hydrazone groups is 1. The highest BCUT2D eigenvalue weighted by molar-refractivity contribution is 6.30. The van der Waals surface area contributed by atoms with Crippen LogP contribution >= 0.6 is 11.6 Å². The molecule has 0 bridgehead atoms. The van der Waals surface area contributed by atoms with E-state index in [2.05, 4.69) is 10.5 Å². The van der Waals surface area contributed by atoms with Gasteiger partial charge < -0.3 is 4.57 Å². The van der Waals surface area contributed by atoms with Gasteiger partial charge in [-0.1, -0.05) is 23.7 Å². The third-order valence-electron chi connectivity index (χ3n) is 4.65. The van der Waals surface area contributed by atoms with E-state index in [0.29, 0.717) is 10.6 Å². The number of nitro groups is 1. The van der Waals surface area contributed by atoms with Gasteiger partial charge >= 0.3 is 0 Å². The van der Waals surface area contributed by atoms with Gasteiger partial charge in [-0.15, -0.1) is 0 Å². The van der Waals surface area contributed by atoms with Crippen LogP contribution in [-0.2, 0) is 0 Å². The lowest BCUT2D eigenvalue weighted by Crippen LogP contribution is -2.19. The van der Waals surface area contributed by atoms with Gasteiger partial charge in [0.05, 0.1) is 16.7 Å². The Kier molecular flexibility index (Phi) is 5.79. The van der Waals surface area contributed by atoms with Crippen molar-refractivity contribution in [2.45, 2.75) is 20.8 Å². The molecule has 0 aliphatic heterocycles. The van der Waals surface area contributed by atoms with Crippen molar-refractivity contribution in [3.05, 3.63) is 91.7 Å². The fourth-order valence-corrected chi connectivity index (χ4v) is 3.40. The van der Waals surface area contributed by atoms with Crippen molar-refractivity contribution in [3.8, 4) is 5.69 Å². The number of amides is 1. The number of hydrogen-bond acceptors (Lipinski definition) is 4. The molecule has 3 aromatic rings. The van der Waals surface area contributed by atoms with E-state index in [-0.39, 0.29) is 11.3 Å². The van der Waals surface area contributed by atoms with Gasteiger partial charge in [-0.2, -0.15) is 5.10 Å². The van der Waals surface area contributed by atoms with E-state index < -0.39 is 10.8 Å². The highest BCUT2D eigenvalue weighted by atomic mass is 35.5. The summed E-state index contributed by atoms with van der Waals surface area (Å²) in [6.07, 6.45) is 1.55. The van der Waals surface area contributed by atoms with E-state index in [1.165, 1.54) is 25.1 Å². The number of aromatic nitrogens is 1. The Hall–Kier alpha value is -3.45. The lowest BCUT2D eigenvalue weighted by molar-refractivity contribution is -0.385. The predicted octanol–water partition coefficient (Wildman–Crippen LogP) is 4.73. The second kappa shape index (κ2) is 8.28. The highest BCUT2D eigenvalue weighted by Gasteiger charge is 2.17. The molecule has 0 saturated carbocycles. The molecule has 1 heterocycles. The lowest BCUT2D eigenvalue weighted by Gasteiger charge is -2.09. The van der Waals surface area contributed by atoms with Crippen molar-refractivity contribution in [2.75, 3.05) is 0 Å². The number of halogens is 1. The molecule has 0 aliphatic carbocycles. The molecule has 0 spiro atoms. The number of carbonyl (C=O) groups excluding carboxylic acids is 1. The number of benzene rings is 2. The maximum Gasteiger partial charge on any atom is 0.273 e. The molecule has 148 valence electrons. The van der Waals surface area contributed by atoms with Crippen molar-refractivity contribution >= 4 is 29.4 Å². The first-order valence-electron chi connectivity index (χ1n) is 8.82. The minimum atomic E-state index is -0.514. The molecule has 0 saturated heterocycles. The monoisotopic (exact) mass is 410 g/mol. The number of carbonyl (C=O) groups is 1. The lowest BCUT2D eigenvalue weighted by atomic mass is 10.1. The van der Waals surface area contributed by atoms with Crippen LogP contribution < -0.4 is 5.43 Å². The van der Waals surface area contributed by atoms with E-state index in [1.54, 1.807) is 6.21 Å². The average Bonchev–Trinajstić information content (AvgIpc) is 2.95. The first-order valence-corrected chi connectivity index (χ1v) is 9.19. The Morgan fingerprint density at radius 2 is 1.90 bits per heavy atom. The van der Waals surface area contributed by atoms with Gasteiger partial charge in [-0.25, -0.2) is 5.43 Å². The molecule has 1 amide bonds. The number of rotatable bonds is 5. The van der Waals surface area contributed by atoms with E-state index >= 15 is 0 Å².